The van der Waals surface area contributed by atoms with E-state index in [0.29, 0.717) is 12.8 Å². The molecule has 0 saturated heterocycles. The predicted octanol–water partition coefficient (Wildman–Crippen LogP) is 10.3. The molecule has 0 radical (unpaired) electrons. The third kappa shape index (κ3) is 29.9. The molecule has 3 N–H and O–H groups in total. The second-order valence-corrected chi connectivity index (χ2v) is 11.9. The second kappa shape index (κ2) is 33.1. The molecule has 0 spiro atoms. The number of aliphatic hydroxyl groups is 2. The van der Waals surface area contributed by atoms with E-state index in [2.05, 4.69) is 55.6 Å². The molecule has 0 aliphatic rings. The summed E-state index contributed by atoms with van der Waals surface area (Å²) in [6.07, 6.45) is 42.4. The van der Waals surface area contributed by atoms with Gasteiger partial charge in [0.05, 0.1) is 18.8 Å². The molecule has 0 aliphatic heterocycles. The predicted molar refractivity (Wildman–Crippen MR) is 179 cm³/mol. The van der Waals surface area contributed by atoms with Gasteiger partial charge in [-0.3, -0.25) is 4.79 Å². The number of aliphatic hydroxyl groups excluding tert-OH is 2. The average molecular weight is 576 g/mol. The van der Waals surface area contributed by atoms with Gasteiger partial charge >= 0.3 is 0 Å². The van der Waals surface area contributed by atoms with E-state index in [1.165, 1.54) is 96.3 Å². The van der Waals surface area contributed by atoms with Crippen molar-refractivity contribution in [2.45, 2.75) is 187 Å². The van der Waals surface area contributed by atoms with E-state index >= 15 is 0 Å². The molecule has 2 unspecified atom stereocenters. The molecule has 1 amide bonds. The molecule has 2 atom stereocenters. The zero-order valence-electron chi connectivity index (χ0n) is 27.3. The Hall–Kier alpha value is -1.39. The standard InChI is InChI=1S/C37H69NO3/c1-3-5-7-9-10-11-12-13-14-15-16-17-18-19-20-21-22-23-24-25-26-27-28-29-31-33-37(41)38-35(34-39)36(40)32-30-8-6-4-2/h12-13,15-16,18-19,35-36,39-40H,3-11,14,17,20-34H2,1-2H3,(H,38,41)/b13-12-,16-15-,19-18-. The van der Waals surface area contributed by atoms with Crippen molar-refractivity contribution in [1.82, 2.24) is 5.32 Å². The van der Waals surface area contributed by atoms with E-state index in [4.69, 9.17) is 0 Å². The van der Waals surface area contributed by atoms with E-state index < -0.39 is 12.1 Å². The monoisotopic (exact) mass is 576 g/mol. The van der Waals surface area contributed by atoms with Crippen molar-refractivity contribution in [1.29, 1.82) is 0 Å². The second-order valence-electron chi connectivity index (χ2n) is 11.9. The fourth-order valence-corrected chi connectivity index (χ4v) is 5.13. The van der Waals surface area contributed by atoms with Crippen LogP contribution in [0.15, 0.2) is 36.5 Å². The largest absolute Gasteiger partial charge is 0.394 e. The van der Waals surface area contributed by atoms with Crippen LogP contribution in [-0.2, 0) is 4.79 Å². The van der Waals surface area contributed by atoms with Crippen molar-refractivity contribution in [2.24, 2.45) is 0 Å². The molecule has 0 rings (SSSR count). The van der Waals surface area contributed by atoms with Gasteiger partial charge in [0.15, 0.2) is 0 Å². The van der Waals surface area contributed by atoms with Crippen LogP contribution in [-0.4, -0.2) is 34.9 Å². The Morgan fingerprint density at radius 1 is 0.585 bits per heavy atom. The van der Waals surface area contributed by atoms with Gasteiger partial charge in [-0.2, -0.15) is 0 Å². The zero-order valence-corrected chi connectivity index (χ0v) is 27.3. The zero-order chi connectivity index (χ0) is 30.1. The highest BCUT2D eigenvalue weighted by Crippen LogP contribution is 2.13. The summed E-state index contributed by atoms with van der Waals surface area (Å²) in [7, 11) is 0. The summed E-state index contributed by atoms with van der Waals surface area (Å²) in [5.41, 5.74) is 0. The molecule has 0 fully saturated rings. The number of hydrogen-bond acceptors (Lipinski definition) is 3. The lowest BCUT2D eigenvalue weighted by Crippen LogP contribution is -2.45. The van der Waals surface area contributed by atoms with Crippen LogP contribution in [0.4, 0.5) is 0 Å². The summed E-state index contributed by atoms with van der Waals surface area (Å²) < 4.78 is 0. The lowest BCUT2D eigenvalue weighted by atomic mass is 10.0. The minimum atomic E-state index is -0.656. The van der Waals surface area contributed by atoms with Crippen molar-refractivity contribution < 1.29 is 15.0 Å². The maximum Gasteiger partial charge on any atom is 0.220 e. The molecule has 240 valence electrons. The molecule has 0 aromatic carbocycles. The summed E-state index contributed by atoms with van der Waals surface area (Å²) in [4.78, 5) is 12.2. The molecule has 41 heavy (non-hydrogen) atoms. The third-order valence-electron chi connectivity index (χ3n) is 7.90. The van der Waals surface area contributed by atoms with Crippen LogP contribution in [0.2, 0.25) is 0 Å². The van der Waals surface area contributed by atoms with Crippen molar-refractivity contribution in [2.75, 3.05) is 6.61 Å². The van der Waals surface area contributed by atoms with Crippen LogP contribution in [0, 0.1) is 0 Å². The molecular weight excluding hydrogens is 506 g/mol. The molecular formula is C37H69NO3. The Labute approximate surface area is 255 Å². The maximum atomic E-state index is 12.2. The van der Waals surface area contributed by atoms with Crippen LogP contribution >= 0.6 is 0 Å². The van der Waals surface area contributed by atoms with Crippen molar-refractivity contribution in [3.8, 4) is 0 Å². The van der Waals surface area contributed by atoms with E-state index in [0.717, 1.165) is 51.4 Å². The van der Waals surface area contributed by atoms with E-state index in [-0.39, 0.29) is 12.5 Å². The van der Waals surface area contributed by atoms with Gasteiger partial charge < -0.3 is 15.5 Å². The first-order valence-corrected chi connectivity index (χ1v) is 17.7. The first-order chi connectivity index (χ1) is 20.2. The fourth-order valence-electron chi connectivity index (χ4n) is 5.13. The summed E-state index contributed by atoms with van der Waals surface area (Å²) in [6, 6.07) is -0.533. The minimum absolute atomic E-state index is 0.0468. The number of amides is 1. The van der Waals surface area contributed by atoms with Crippen LogP contribution in [0.1, 0.15) is 174 Å². The molecule has 4 heteroatoms. The number of carbonyl (C=O) groups is 1. The quantitative estimate of drug-likeness (QED) is 0.0569. The molecule has 4 nitrogen and oxygen atoms in total. The van der Waals surface area contributed by atoms with Gasteiger partial charge in [-0.05, 0) is 51.4 Å². The van der Waals surface area contributed by atoms with Gasteiger partial charge in [0, 0.05) is 6.42 Å². The van der Waals surface area contributed by atoms with Crippen LogP contribution in [0.3, 0.4) is 0 Å². The van der Waals surface area contributed by atoms with Gasteiger partial charge in [0.25, 0.3) is 0 Å². The summed E-state index contributed by atoms with van der Waals surface area (Å²) in [5, 5.41) is 22.6. The van der Waals surface area contributed by atoms with E-state index in [1.54, 1.807) is 0 Å². The van der Waals surface area contributed by atoms with E-state index in [1.807, 2.05) is 0 Å². The van der Waals surface area contributed by atoms with Crippen molar-refractivity contribution in [3.63, 3.8) is 0 Å². The van der Waals surface area contributed by atoms with Gasteiger partial charge in [0.2, 0.25) is 5.91 Å². The highest BCUT2D eigenvalue weighted by atomic mass is 16.3. The first kappa shape index (κ1) is 39.6. The van der Waals surface area contributed by atoms with Gasteiger partial charge in [-0.15, -0.1) is 0 Å². The minimum Gasteiger partial charge on any atom is -0.394 e. The number of nitrogens with one attached hydrogen (secondary N) is 1. The van der Waals surface area contributed by atoms with Crippen molar-refractivity contribution >= 4 is 5.91 Å². The van der Waals surface area contributed by atoms with E-state index in [9.17, 15) is 15.0 Å². The Balaban J connectivity index is 3.47. The molecule has 0 aromatic heterocycles. The number of rotatable bonds is 31. The van der Waals surface area contributed by atoms with Crippen molar-refractivity contribution in [3.05, 3.63) is 36.5 Å². The summed E-state index contributed by atoms with van der Waals surface area (Å²) >= 11 is 0. The Morgan fingerprint density at radius 3 is 1.49 bits per heavy atom. The lowest BCUT2D eigenvalue weighted by Gasteiger charge is -2.22. The van der Waals surface area contributed by atoms with Crippen LogP contribution < -0.4 is 5.32 Å². The molecule has 0 bridgehead atoms. The molecule has 0 heterocycles. The fraction of sp³-hybridized carbons (Fsp3) is 0.811. The lowest BCUT2D eigenvalue weighted by molar-refractivity contribution is -0.123. The van der Waals surface area contributed by atoms with Gasteiger partial charge in [-0.25, -0.2) is 0 Å². The smallest absolute Gasteiger partial charge is 0.220 e. The molecule has 0 aliphatic carbocycles. The number of hydrogen-bond donors (Lipinski definition) is 3. The molecule has 0 saturated carbocycles. The highest BCUT2D eigenvalue weighted by molar-refractivity contribution is 5.76. The average Bonchev–Trinajstić information content (AvgIpc) is 2.98. The number of carbonyl (C=O) groups excluding carboxylic acids is 1. The first-order valence-electron chi connectivity index (χ1n) is 17.7. The third-order valence-corrected chi connectivity index (χ3v) is 7.90. The number of allylic oxidation sites excluding steroid dienone is 6. The highest BCUT2D eigenvalue weighted by Gasteiger charge is 2.19. The normalized spacial score (nSPS) is 13.6. The topological polar surface area (TPSA) is 69.6 Å². The Kier molecular flexibility index (Phi) is 32.0. The maximum absolute atomic E-state index is 12.2. The van der Waals surface area contributed by atoms with Crippen LogP contribution in [0.25, 0.3) is 0 Å². The SMILES string of the molecule is CCCCCCC/C=C\C/C=C\C/C=C\CCCCCCCCCCCCC(=O)NC(CO)C(O)CCCCCC. The Bertz CT molecular complexity index is 628. The van der Waals surface area contributed by atoms with Gasteiger partial charge in [0.1, 0.15) is 0 Å². The summed E-state index contributed by atoms with van der Waals surface area (Å²) in [5.74, 6) is -0.0468. The summed E-state index contributed by atoms with van der Waals surface area (Å²) in [6.45, 7) is 4.23. The molecule has 0 aromatic rings. The van der Waals surface area contributed by atoms with Gasteiger partial charge in [-0.1, -0.05) is 153 Å². The van der Waals surface area contributed by atoms with Crippen LogP contribution in [0.5, 0.6) is 0 Å². The number of unbranched alkanes of at least 4 members (excludes halogenated alkanes) is 18. The Morgan fingerprint density at radius 2 is 1.00 bits per heavy atom.